The summed E-state index contributed by atoms with van der Waals surface area (Å²) in [6.45, 7) is 1.96. The molecule has 0 unspecified atom stereocenters. The zero-order chi connectivity index (χ0) is 40.7. The fraction of sp³-hybridized carbons (Fsp3) is 0.319. The molecule has 2 saturated heterocycles. The maximum Gasteiger partial charge on any atom is 0.262 e. The zero-order valence-corrected chi connectivity index (χ0v) is 33.3. The molecule has 2 amide bonds. The summed E-state index contributed by atoms with van der Waals surface area (Å²) in [5.74, 6) is -1.09. The first-order valence-corrected chi connectivity index (χ1v) is 20.7. The van der Waals surface area contributed by atoms with Gasteiger partial charge in [0.05, 0.1) is 43.7 Å². The van der Waals surface area contributed by atoms with E-state index in [-0.39, 0.29) is 30.9 Å². The molecule has 3 heterocycles. The van der Waals surface area contributed by atoms with Gasteiger partial charge in [-0.1, -0.05) is 133 Å². The molecule has 2 N–H and O–H groups in total. The van der Waals surface area contributed by atoms with Gasteiger partial charge in [-0.2, -0.15) is 0 Å². The Morgan fingerprint density at radius 2 is 1.05 bits per heavy atom. The second kappa shape index (κ2) is 19.1. The quantitative estimate of drug-likeness (QED) is 0.114. The predicted octanol–water partition coefficient (Wildman–Crippen LogP) is 6.41. The normalized spacial score (nSPS) is 28.1. The molecule has 0 bridgehead atoms. The molecule has 5 aromatic rings. The van der Waals surface area contributed by atoms with Crippen molar-refractivity contribution in [3.05, 3.63) is 173 Å². The lowest BCUT2D eigenvalue weighted by Crippen LogP contribution is -2.68. The lowest BCUT2D eigenvalue weighted by molar-refractivity contribution is -0.344. The lowest BCUT2D eigenvalue weighted by Gasteiger charge is -2.50. The molecule has 0 aliphatic carbocycles. The summed E-state index contributed by atoms with van der Waals surface area (Å²) in [4.78, 5) is 30.4. The van der Waals surface area contributed by atoms with Gasteiger partial charge in [-0.05, 0) is 47.9 Å². The van der Waals surface area contributed by atoms with Gasteiger partial charge in [0.1, 0.15) is 48.1 Å². The Bertz CT molecular complexity index is 2100. The first-order valence-electron chi connectivity index (χ1n) is 19.8. The van der Waals surface area contributed by atoms with Crippen LogP contribution in [0, 0.1) is 0 Å². The summed E-state index contributed by atoms with van der Waals surface area (Å²) >= 11 is 1.26. The third-order valence-corrected chi connectivity index (χ3v) is 12.0. The summed E-state index contributed by atoms with van der Waals surface area (Å²) in [6.07, 6.45) is -8.17. The van der Waals surface area contributed by atoms with E-state index in [9.17, 15) is 19.8 Å². The van der Waals surface area contributed by atoms with Gasteiger partial charge in [-0.15, -0.1) is 0 Å². The summed E-state index contributed by atoms with van der Waals surface area (Å²) in [7, 11) is 0. The number of benzene rings is 5. The van der Waals surface area contributed by atoms with E-state index >= 15 is 0 Å². The minimum absolute atomic E-state index is 0.156. The van der Waals surface area contributed by atoms with Gasteiger partial charge in [0, 0.05) is 4.90 Å². The summed E-state index contributed by atoms with van der Waals surface area (Å²) < 4.78 is 40.2. The maximum absolute atomic E-state index is 14.2. The van der Waals surface area contributed by atoms with Crippen LogP contribution in [0.1, 0.15) is 44.3 Å². The molecule has 12 heteroatoms. The van der Waals surface area contributed by atoms with Crippen LogP contribution in [0.4, 0.5) is 0 Å². The standard InChI is InChI=1S/C47H47NO10S/c1-30-40(53-27-31-16-6-2-7-17-31)42(54-28-32-18-8-3-9-19-32)43(55-29-33-20-10-4-11-21-33)46(56-30)58-41-38(48-44(51)35-24-14-15-25-36(35)45(48)52)47(57-37(26-49)39(41)50)59-34-22-12-5-13-23-34/h2-25,30,37-43,46-47,49-50H,26-29H2,1H3/t30-,37+,38+,39+,40+,41+,42+,43-,46-,47-/m0/s1. The van der Waals surface area contributed by atoms with Gasteiger partial charge >= 0.3 is 0 Å². The molecule has 306 valence electrons. The van der Waals surface area contributed by atoms with E-state index in [1.807, 2.05) is 128 Å². The number of fused-ring (bicyclic) bond motifs is 1. The van der Waals surface area contributed by atoms with E-state index in [2.05, 4.69) is 0 Å². The molecule has 0 aromatic heterocycles. The highest BCUT2D eigenvalue weighted by molar-refractivity contribution is 7.99. The molecule has 0 radical (unpaired) electrons. The van der Waals surface area contributed by atoms with Crippen molar-refractivity contribution in [2.24, 2.45) is 0 Å². The second-order valence-electron chi connectivity index (χ2n) is 14.8. The van der Waals surface area contributed by atoms with Crippen molar-refractivity contribution in [3.8, 4) is 0 Å². The van der Waals surface area contributed by atoms with Gasteiger partial charge in [0.25, 0.3) is 11.8 Å². The Morgan fingerprint density at radius 1 is 0.593 bits per heavy atom. The maximum atomic E-state index is 14.2. The summed E-state index contributed by atoms with van der Waals surface area (Å²) in [5.41, 5.74) is 2.29. The molecule has 0 saturated carbocycles. The monoisotopic (exact) mass is 817 g/mol. The van der Waals surface area contributed by atoms with Crippen LogP contribution in [0.5, 0.6) is 0 Å². The average molecular weight is 818 g/mol. The summed E-state index contributed by atoms with van der Waals surface area (Å²) in [6, 6.07) is 44.0. The Morgan fingerprint density at radius 3 is 1.56 bits per heavy atom. The number of carbonyl (C=O) groups is 2. The van der Waals surface area contributed by atoms with E-state index in [1.54, 1.807) is 24.3 Å². The highest BCUT2D eigenvalue weighted by Gasteiger charge is 2.57. The van der Waals surface area contributed by atoms with Gasteiger partial charge in [0.15, 0.2) is 6.29 Å². The van der Waals surface area contributed by atoms with Crippen LogP contribution in [0.2, 0.25) is 0 Å². The van der Waals surface area contributed by atoms with Crippen LogP contribution in [0.15, 0.2) is 150 Å². The largest absolute Gasteiger partial charge is 0.394 e. The molecule has 11 nitrogen and oxygen atoms in total. The third-order valence-electron chi connectivity index (χ3n) is 10.8. The van der Waals surface area contributed by atoms with Crippen molar-refractivity contribution in [1.29, 1.82) is 0 Å². The third kappa shape index (κ3) is 9.21. The Hall–Kier alpha value is -4.73. The molecule has 3 aliphatic rings. The average Bonchev–Trinajstić information content (AvgIpc) is 3.52. The Balaban J connectivity index is 1.18. The van der Waals surface area contributed by atoms with Crippen LogP contribution in [-0.4, -0.2) is 94.0 Å². The number of aliphatic hydroxyl groups is 2. The highest BCUT2D eigenvalue weighted by atomic mass is 32.2. The molecule has 10 atom stereocenters. The SMILES string of the molecule is C[C@@H]1O[C@@H](O[C@H]2[C@H](O)[C@@H](CO)O[C@@H](Sc3ccccc3)[C@@H]2N2C(=O)c3ccccc3C2=O)[C@@H](OCc2ccccc2)[C@H](OCc2ccccc2)[C@@H]1OCc1ccccc1. The Labute approximate surface area is 347 Å². The van der Waals surface area contributed by atoms with E-state index in [0.717, 1.165) is 26.5 Å². The van der Waals surface area contributed by atoms with Gasteiger partial charge < -0.3 is 38.6 Å². The van der Waals surface area contributed by atoms with Crippen molar-refractivity contribution in [2.45, 2.75) is 92.1 Å². The number of nitrogens with zero attached hydrogens (tertiary/aromatic N) is 1. The number of carbonyl (C=O) groups excluding carboxylic acids is 2. The van der Waals surface area contributed by atoms with E-state index in [4.69, 9.17) is 28.4 Å². The second-order valence-corrected chi connectivity index (χ2v) is 15.9. The number of ether oxygens (including phenoxy) is 6. The first-order chi connectivity index (χ1) is 28.9. The van der Waals surface area contributed by atoms with Crippen LogP contribution in [0.3, 0.4) is 0 Å². The Kier molecular flexibility index (Phi) is 13.3. The minimum Gasteiger partial charge on any atom is -0.394 e. The van der Waals surface area contributed by atoms with Crippen molar-refractivity contribution in [1.82, 2.24) is 4.90 Å². The van der Waals surface area contributed by atoms with Crippen molar-refractivity contribution >= 4 is 23.6 Å². The lowest BCUT2D eigenvalue weighted by atomic mass is 9.95. The van der Waals surface area contributed by atoms with Gasteiger partial charge in [0.2, 0.25) is 0 Å². The molecule has 3 aliphatic heterocycles. The summed E-state index contributed by atoms with van der Waals surface area (Å²) in [5, 5.41) is 22.7. The molecule has 0 spiro atoms. The van der Waals surface area contributed by atoms with E-state index in [0.29, 0.717) is 0 Å². The molecular weight excluding hydrogens is 771 g/mol. The number of aliphatic hydroxyl groups excluding tert-OH is 2. The number of hydrogen-bond acceptors (Lipinski definition) is 11. The van der Waals surface area contributed by atoms with Crippen LogP contribution in [-0.2, 0) is 48.2 Å². The van der Waals surface area contributed by atoms with Crippen LogP contribution < -0.4 is 0 Å². The predicted molar refractivity (Wildman–Crippen MR) is 219 cm³/mol. The minimum atomic E-state index is -1.51. The zero-order valence-electron chi connectivity index (χ0n) is 32.5. The topological polar surface area (TPSA) is 133 Å². The number of thioether (sulfide) groups is 1. The van der Waals surface area contributed by atoms with Crippen LogP contribution in [0.25, 0.3) is 0 Å². The fourth-order valence-electron chi connectivity index (χ4n) is 7.82. The fourth-order valence-corrected chi connectivity index (χ4v) is 9.02. The molecular formula is C47H47NO10S. The molecule has 8 rings (SSSR count). The van der Waals surface area contributed by atoms with Crippen molar-refractivity contribution in [2.75, 3.05) is 6.61 Å². The van der Waals surface area contributed by atoms with E-state index < -0.39 is 78.9 Å². The molecule has 2 fully saturated rings. The number of imide groups is 1. The van der Waals surface area contributed by atoms with E-state index in [1.165, 1.54) is 11.8 Å². The molecule has 59 heavy (non-hydrogen) atoms. The van der Waals surface area contributed by atoms with Gasteiger partial charge in [-0.25, -0.2) is 0 Å². The van der Waals surface area contributed by atoms with Crippen LogP contribution >= 0.6 is 11.8 Å². The highest BCUT2D eigenvalue weighted by Crippen LogP contribution is 2.42. The number of hydrogen-bond donors (Lipinski definition) is 2. The van der Waals surface area contributed by atoms with Crippen molar-refractivity contribution < 1.29 is 48.2 Å². The molecule has 5 aromatic carbocycles. The van der Waals surface area contributed by atoms with Gasteiger partial charge in [-0.3, -0.25) is 14.5 Å². The van der Waals surface area contributed by atoms with Crippen molar-refractivity contribution in [3.63, 3.8) is 0 Å². The smallest absolute Gasteiger partial charge is 0.262 e. The number of rotatable bonds is 15. The first kappa shape index (κ1) is 41.0. The number of amides is 2.